The molecule has 0 fully saturated rings. The lowest BCUT2D eigenvalue weighted by Crippen LogP contribution is -2.08. The van der Waals surface area contributed by atoms with Crippen molar-refractivity contribution in [3.8, 4) is 11.5 Å². The summed E-state index contributed by atoms with van der Waals surface area (Å²) in [5.74, 6) is 0.566. The van der Waals surface area contributed by atoms with Crippen LogP contribution >= 0.6 is 11.6 Å². The van der Waals surface area contributed by atoms with Gasteiger partial charge in [0.2, 0.25) is 0 Å². The molecule has 0 aliphatic rings. The van der Waals surface area contributed by atoms with Crippen LogP contribution < -0.4 is 10.5 Å². The molecule has 106 valence electrons. The topological polar surface area (TPSA) is 48.1 Å². The number of rotatable bonds is 3. The molecule has 0 atom stereocenters. The van der Waals surface area contributed by atoms with Gasteiger partial charge >= 0.3 is 6.18 Å². The number of halogens is 4. The molecular weight excluding hydrogens is 293 g/mol. The van der Waals surface area contributed by atoms with Crippen molar-refractivity contribution >= 4 is 11.6 Å². The first-order valence-electron chi connectivity index (χ1n) is 5.59. The summed E-state index contributed by atoms with van der Waals surface area (Å²) >= 11 is 5.75. The van der Waals surface area contributed by atoms with E-state index in [9.17, 15) is 13.2 Å². The fraction of sp³-hybridized carbons (Fsp3) is 0.154. The van der Waals surface area contributed by atoms with E-state index in [1.807, 2.05) is 0 Å². The molecule has 20 heavy (non-hydrogen) atoms. The Labute approximate surface area is 118 Å². The van der Waals surface area contributed by atoms with Gasteiger partial charge in [0.25, 0.3) is 0 Å². The maximum Gasteiger partial charge on any atom is 0.416 e. The average molecular weight is 303 g/mol. The second-order valence-electron chi connectivity index (χ2n) is 3.97. The van der Waals surface area contributed by atoms with Gasteiger partial charge in [-0.05, 0) is 18.2 Å². The van der Waals surface area contributed by atoms with E-state index < -0.39 is 11.7 Å². The van der Waals surface area contributed by atoms with Crippen LogP contribution in [0.25, 0.3) is 0 Å². The van der Waals surface area contributed by atoms with Gasteiger partial charge in [-0.25, -0.2) is 0 Å². The lowest BCUT2D eigenvalue weighted by Gasteiger charge is -2.13. The summed E-state index contributed by atoms with van der Waals surface area (Å²) in [4.78, 5) is 3.82. The number of benzene rings is 1. The van der Waals surface area contributed by atoms with Crippen molar-refractivity contribution in [3.05, 3.63) is 52.8 Å². The maximum absolute atomic E-state index is 12.6. The molecule has 0 aliphatic carbocycles. The normalized spacial score (nSPS) is 11.4. The summed E-state index contributed by atoms with van der Waals surface area (Å²) in [6.45, 7) is -0.0761. The predicted molar refractivity (Wildman–Crippen MR) is 68.7 cm³/mol. The van der Waals surface area contributed by atoms with E-state index in [1.54, 1.807) is 0 Å². The number of aromatic nitrogens is 1. The van der Waals surface area contributed by atoms with Crippen LogP contribution in [-0.2, 0) is 12.7 Å². The van der Waals surface area contributed by atoms with Gasteiger partial charge in [-0.15, -0.1) is 0 Å². The first-order chi connectivity index (χ1) is 9.40. The standard InChI is InChI=1S/C13H10ClF3N2O/c14-10-4-11(7-19-6-10)20-12-2-1-9(13(15,16)17)3-8(12)5-18/h1-4,6-7H,5,18H2. The largest absolute Gasteiger partial charge is 0.455 e. The fourth-order valence-corrected chi connectivity index (χ4v) is 1.75. The van der Waals surface area contributed by atoms with Crippen LogP contribution in [0.3, 0.4) is 0 Å². The molecule has 0 aliphatic heterocycles. The van der Waals surface area contributed by atoms with Gasteiger partial charge in [-0.1, -0.05) is 11.6 Å². The second kappa shape index (κ2) is 5.68. The monoisotopic (exact) mass is 302 g/mol. The van der Waals surface area contributed by atoms with Crippen LogP contribution in [0, 0.1) is 0 Å². The lowest BCUT2D eigenvalue weighted by atomic mass is 10.1. The van der Waals surface area contributed by atoms with Gasteiger partial charge in [-0.3, -0.25) is 4.98 Å². The quantitative estimate of drug-likeness (QED) is 0.932. The number of ether oxygens (including phenoxy) is 1. The SMILES string of the molecule is NCc1cc(C(F)(F)F)ccc1Oc1cncc(Cl)c1. The van der Waals surface area contributed by atoms with Crippen LogP contribution in [0.15, 0.2) is 36.7 Å². The molecule has 7 heteroatoms. The summed E-state index contributed by atoms with van der Waals surface area (Å²) in [7, 11) is 0. The Morgan fingerprint density at radius 1 is 1.20 bits per heavy atom. The first-order valence-corrected chi connectivity index (χ1v) is 5.96. The molecule has 2 aromatic rings. The van der Waals surface area contributed by atoms with Crippen molar-refractivity contribution in [2.24, 2.45) is 5.73 Å². The van der Waals surface area contributed by atoms with Crippen molar-refractivity contribution in [1.82, 2.24) is 4.98 Å². The Balaban J connectivity index is 2.33. The Morgan fingerprint density at radius 3 is 2.55 bits per heavy atom. The smallest absolute Gasteiger partial charge is 0.416 e. The highest BCUT2D eigenvalue weighted by Crippen LogP contribution is 2.34. The Kier molecular flexibility index (Phi) is 4.15. The van der Waals surface area contributed by atoms with Gasteiger partial charge in [-0.2, -0.15) is 13.2 Å². The van der Waals surface area contributed by atoms with Crippen molar-refractivity contribution in [3.63, 3.8) is 0 Å². The molecule has 2 N–H and O–H groups in total. The first kappa shape index (κ1) is 14.6. The molecule has 0 spiro atoms. The fourth-order valence-electron chi connectivity index (χ4n) is 1.59. The molecule has 0 amide bonds. The molecule has 0 saturated heterocycles. The van der Waals surface area contributed by atoms with Gasteiger partial charge in [0.1, 0.15) is 11.5 Å². The molecule has 0 radical (unpaired) electrons. The van der Waals surface area contributed by atoms with Gasteiger partial charge in [0, 0.05) is 24.4 Å². The minimum Gasteiger partial charge on any atom is -0.455 e. The van der Waals surface area contributed by atoms with Crippen LogP contribution in [0.4, 0.5) is 13.2 Å². The average Bonchev–Trinajstić information content (AvgIpc) is 2.38. The number of hydrogen-bond acceptors (Lipinski definition) is 3. The second-order valence-corrected chi connectivity index (χ2v) is 4.40. The van der Waals surface area contributed by atoms with E-state index in [0.29, 0.717) is 10.8 Å². The van der Waals surface area contributed by atoms with E-state index in [1.165, 1.54) is 24.5 Å². The molecule has 1 heterocycles. The third-order valence-corrected chi connectivity index (χ3v) is 2.72. The highest BCUT2D eigenvalue weighted by atomic mass is 35.5. The Hall–Kier alpha value is -1.79. The summed E-state index contributed by atoms with van der Waals surface area (Å²) in [6.07, 6.45) is -1.59. The zero-order valence-electron chi connectivity index (χ0n) is 10.1. The minimum absolute atomic E-state index is 0.0761. The maximum atomic E-state index is 12.6. The van der Waals surface area contributed by atoms with Crippen LogP contribution in [0.5, 0.6) is 11.5 Å². The molecule has 0 unspecified atom stereocenters. The zero-order valence-corrected chi connectivity index (χ0v) is 10.9. The molecule has 1 aromatic heterocycles. The summed E-state index contributed by atoms with van der Waals surface area (Å²) in [5.41, 5.74) is 4.94. The molecule has 1 aromatic carbocycles. The third kappa shape index (κ3) is 3.40. The van der Waals surface area contributed by atoms with Crippen molar-refractivity contribution in [2.75, 3.05) is 0 Å². The highest BCUT2D eigenvalue weighted by Gasteiger charge is 2.31. The van der Waals surface area contributed by atoms with Crippen molar-refractivity contribution in [2.45, 2.75) is 12.7 Å². The van der Waals surface area contributed by atoms with Crippen LogP contribution in [0.2, 0.25) is 5.02 Å². The van der Waals surface area contributed by atoms with Gasteiger partial charge in [0.05, 0.1) is 16.8 Å². The molecule has 0 saturated carbocycles. The summed E-state index contributed by atoms with van der Waals surface area (Å²) in [5, 5.41) is 0.365. The van der Waals surface area contributed by atoms with Gasteiger partial charge in [0.15, 0.2) is 0 Å². The molecule has 3 nitrogen and oxygen atoms in total. The van der Waals surface area contributed by atoms with E-state index in [-0.39, 0.29) is 17.9 Å². The highest BCUT2D eigenvalue weighted by molar-refractivity contribution is 6.30. The summed E-state index contributed by atoms with van der Waals surface area (Å²) in [6, 6.07) is 4.64. The lowest BCUT2D eigenvalue weighted by molar-refractivity contribution is -0.137. The number of alkyl halides is 3. The van der Waals surface area contributed by atoms with Crippen molar-refractivity contribution < 1.29 is 17.9 Å². The third-order valence-electron chi connectivity index (χ3n) is 2.52. The number of nitrogens with two attached hydrogens (primary N) is 1. The molecular formula is C13H10ClF3N2O. The van der Waals surface area contributed by atoms with E-state index in [4.69, 9.17) is 22.1 Å². The summed E-state index contributed by atoms with van der Waals surface area (Å²) < 4.78 is 43.3. The van der Waals surface area contributed by atoms with E-state index in [2.05, 4.69) is 4.98 Å². The van der Waals surface area contributed by atoms with E-state index >= 15 is 0 Å². The minimum atomic E-state index is -4.42. The number of nitrogens with zero attached hydrogens (tertiary/aromatic N) is 1. The Bertz CT molecular complexity index is 617. The van der Waals surface area contributed by atoms with Crippen LogP contribution in [0.1, 0.15) is 11.1 Å². The van der Waals surface area contributed by atoms with E-state index in [0.717, 1.165) is 12.1 Å². The predicted octanol–water partition coefficient (Wildman–Crippen LogP) is 4.00. The molecule has 0 bridgehead atoms. The molecule has 2 rings (SSSR count). The number of pyridine rings is 1. The van der Waals surface area contributed by atoms with Crippen LogP contribution in [-0.4, -0.2) is 4.98 Å². The number of hydrogen-bond donors (Lipinski definition) is 1. The van der Waals surface area contributed by atoms with Gasteiger partial charge < -0.3 is 10.5 Å². The van der Waals surface area contributed by atoms with Crippen molar-refractivity contribution in [1.29, 1.82) is 0 Å². The zero-order chi connectivity index (χ0) is 14.8. The Morgan fingerprint density at radius 2 is 1.95 bits per heavy atom.